The largest absolute Gasteiger partial charge is 0.320 e. The molecule has 0 heterocycles. The van der Waals surface area contributed by atoms with Gasteiger partial charge in [0, 0.05) is 0 Å². The first kappa shape index (κ1) is 20.9. The maximum absolute atomic E-state index is 3.64. The van der Waals surface area contributed by atoms with E-state index < -0.39 is 0 Å². The summed E-state index contributed by atoms with van der Waals surface area (Å²) in [5.41, 5.74) is 0. The van der Waals surface area contributed by atoms with Gasteiger partial charge in [0.25, 0.3) is 0 Å². The highest BCUT2D eigenvalue weighted by Crippen LogP contribution is 2.36. The van der Waals surface area contributed by atoms with Crippen molar-refractivity contribution in [2.75, 3.05) is 52.9 Å². The molecule has 0 aromatic heterocycles. The van der Waals surface area contributed by atoms with Crippen molar-refractivity contribution in [2.24, 2.45) is 11.8 Å². The summed E-state index contributed by atoms with van der Waals surface area (Å²) < 4.78 is 0. The van der Waals surface area contributed by atoms with Crippen molar-refractivity contribution in [3.05, 3.63) is 0 Å². The molecule has 0 amide bonds. The summed E-state index contributed by atoms with van der Waals surface area (Å²) in [6, 6.07) is 0. The molecule has 0 bridgehead atoms. The first-order valence-corrected chi connectivity index (χ1v) is 10.1. The lowest BCUT2D eigenvalue weighted by Gasteiger charge is -2.07. The Morgan fingerprint density at radius 3 is 1.65 bits per heavy atom. The Bertz CT molecular complexity index is 248. The van der Waals surface area contributed by atoms with Gasteiger partial charge < -0.3 is 21.3 Å². The average molecular weight is 327 g/mol. The summed E-state index contributed by atoms with van der Waals surface area (Å²) in [6.07, 6.45) is 10.6. The number of rotatable bonds is 18. The summed E-state index contributed by atoms with van der Waals surface area (Å²) in [5, 5.41) is 14.0. The van der Waals surface area contributed by atoms with E-state index in [1.54, 1.807) is 0 Å². The van der Waals surface area contributed by atoms with Crippen LogP contribution in [0.3, 0.4) is 0 Å². The first-order chi connectivity index (χ1) is 11.4. The maximum Gasteiger partial charge on any atom is -0.00173 e. The van der Waals surface area contributed by atoms with E-state index in [1.807, 2.05) is 7.05 Å². The summed E-state index contributed by atoms with van der Waals surface area (Å²) >= 11 is 0. The van der Waals surface area contributed by atoms with Gasteiger partial charge in [0.05, 0.1) is 0 Å². The van der Waals surface area contributed by atoms with Crippen LogP contribution < -0.4 is 21.3 Å². The average Bonchev–Trinajstić information content (AvgIpc) is 3.31. The van der Waals surface area contributed by atoms with Gasteiger partial charge in [0.1, 0.15) is 0 Å². The zero-order valence-corrected chi connectivity index (χ0v) is 15.8. The number of hydrogen-bond acceptors (Lipinski definition) is 4. The number of unbranched alkanes of at least 4 members (excludes halogenated alkanes) is 4. The summed E-state index contributed by atoms with van der Waals surface area (Å²) in [4.78, 5) is 0. The molecule has 4 heteroatoms. The van der Waals surface area contributed by atoms with Crippen molar-refractivity contribution in [3.63, 3.8) is 0 Å². The minimum absolute atomic E-state index is 0.937. The molecule has 1 saturated carbocycles. The molecule has 4 nitrogen and oxygen atoms in total. The third-order valence-corrected chi connectivity index (χ3v) is 4.83. The summed E-state index contributed by atoms with van der Waals surface area (Å²) in [7, 11) is 2.03. The molecule has 4 N–H and O–H groups in total. The van der Waals surface area contributed by atoms with Gasteiger partial charge in [-0.1, -0.05) is 19.8 Å². The predicted molar refractivity (Wildman–Crippen MR) is 102 cm³/mol. The van der Waals surface area contributed by atoms with Crippen LogP contribution in [0.25, 0.3) is 0 Å². The van der Waals surface area contributed by atoms with E-state index in [2.05, 4.69) is 28.2 Å². The highest BCUT2D eigenvalue weighted by Gasteiger charge is 2.35. The Morgan fingerprint density at radius 2 is 1.13 bits per heavy atom. The second-order valence-corrected chi connectivity index (χ2v) is 7.14. The van der Waals surface area contributed by atoms with Crippen LogP contribution in [-0.2, 0) is 0 Å². The van der Waals surface area contributed by atoms with Crippen molar-refractivity contribution >= 4 is 0 Å². The highest BCUT2D eigenvalue weighted by molar-refractivity contribution is 4.89. The fourth-order valence-electron chi connectivity index (χ4n) is 3.06. The molecule has 0 radical (unpaired) electrons. The molecule has 1 unspecified atom stereocenters. The first-order valence-electron chi connectivity index (χ1n) is 10.1. The van der Waals surface area contributed by atoms with Crippen LogP contribution in [0.15, 0.2) is 0 Å². The zero-order chi connectivity index (χ0) is 16.6. The second-order valence-electron chi connectivity index (χ2n) is 7.14. The van der Waals surface area contributed by atoms with Crippen LogP contribution in [0.4, 0.5) is 0 Å². The van der Waals surface area contributed by atoms with Gasteiger partial charge in [-0.2, -0.15) is 0 Å². The zero-order valence-electron chi connectivity index (χ0n) is 15.8. The van der Waals surface area contributed by atoms with Gasteiger partial charge in [-0.25, -0.2) is 0 Å². The SMILES string of the molecule is CCCCCNCCCCNC[C@H]1CC1CNCCCCNC. The van der Waals surface area contributed by atoms with Crippen molar-refractivity contribution in [1.82, 2.24) is 21.3 Å². The van der Waals surface area contributed by atoms with Crippen LogP contribution in [0.2, 0.25) is 0 Å². The Kier molecular flexibility index (Phi) is 14.0. The fraction of sp³-hybridized carbons (Fsp3) is 1.00. The Labute approximate surface area is 145 Å². The molecule has 0 saturated heterocycles. The third kappa shape index (κ3) is 12.9. The monoisotopic (exact) mass is 326 g/mol. The van der Waals surface area contributed by atoms with E-state index in [0.717, 1.165) is 18.4 Å². The van der Waals surface area contributed by atoms with Crippen molar-refractivity contribution in [1.29, 1.82) is 0 Å². The van der Waals surface area contributed by atoms with Crippen LogP contribution in [0.1, 0.15) is 58.3 Å². The second kappa shape index (κ2) is 15.4. The fourth-order valence-corrected chi connectivity index (χ4v) is 3.06. The molecule has 0 aromatic carbocycles. The van der Waals surface area contributed by atoms with Gasteiger partial charge in [-0.3, -0.25) is 0 Å². The van der Waals surface area contributed by atoms with Crippen LogP contribution >= 0.6 is 0 Å². The molecular weight excluding hydrogens is 284 g/mol. The normalized spacial score (nSPS) is 20.1. The molecule has 23 heavy (non-hydrogen) atoms. The Morgan fingerprint density at radius 1 is 0.652 bits per heavy atom. The van der Waals surface area contributed by atoms with Gasteiger partial charge in [0.15, 0.2) is 0 Å². The van der Waals surface area contributed by atoms with E-state index in [1.165, 1.54) is 90.6 Å². The quantitative estimate of drug-likeness (QED) is 0.292. The minimum atomic E-state index is 0.937. The van der Waals surface area contributed by atoms with E-state index in [-0.39, 0.29) is 0 Å². The topological polar surface area (TPSA) is 48.1 Å². The summed E-state index contributed by atoms with van der Waals surface area (Å²) in [6.45, 7) is 10.6. The smallest absolute Gasteiger partial charge is 0.00173 e. The lowest BCUT2D eigenvalue weighted by molar-refractivity contribution is 0.529. The molecule has 1 aliphatic carbocycles. The van der Waals surface area contributed by atoms with Gasteiger partial charge in [-0.05, 0) is 103 Å². The molecule has 138 valence electrons. The van der Waals surface area contributed by atoms with Crippen molar-refractivity contribution in [2.45, 2.75) is 58.3 Å². The van der Waals surface area contributed by atoms with E-state index in [0.29, 0.717) is 0 Å². The maximum atomic E-state index is 3.64. The van der Waals surface area contributed by atoms with Crippen LogP contribution in [0.5, 0.6) is 0 Å². The molecular formula is C19H42N4. The number of hydrogen-bond donors (Lipinski definition) is 4. The molecule has 1 fully saturated rings. The minimum Gasteiger partial charge on any atom is -0.320 e. The molecule has 2 atom stereocenters. The van der Waals surface area contributed by atoms with E-state index in [4.69, 9.17) is 0 Å². The summed E-state index contributed by atoms with van der Waals surface area (Å²) in [5.74, 6) is 1.87. The van der Waals surface area contributed by atoms with E-state index in [9.17, 15) is 0 Å². The van der Waals surface area contributed by atoms with Gasteiger partial charge in [-0.15, -0.1) is 0 Å². The molecule has 1 aliphatic rings. The highest BCUT2D eigenvalue weighted by atomic mass is 14.9. The van der Waals surface area contributed by atoms with Gasteiger partial charge >= 0.3 is 0 Å². The lowest BCUT2D eigenvalue weighted by atomic mass is 10.2. The van der Waals surface area contributed by atoms with Crippen LogP contribution in [-0.4, -0.2) is 52.9 Å². The lowest BCUT2D eigenvalue weighted by Crippen LogP contribution is -2.23. The number of nitrogens with one attached hydrogen (secondary N) is 4. The predicted octanol–water partition coefficient (Wildman–Crippen LogP) is 2.36. The molecule has 1 rings (SSSR count). The van der Waals surface area contributed by atoms with E-state index >= 15 is 0 Å². The molecule has 0 aromatic rings. The Balaban J connectivity index is 1.72. The van der Waals surface area contributed by atoms with Crippen molar-refractivity contribution < 1.29 is 0 Å². The third-order valence-electron chi connectivity index (χ3n) is 4.83. The van der Waals surface area contributed by atoms with Gasteiger partial charge in [0.2, 0.25) is 0 Å². The molecule has 0 aliphatic heterocycles. The van der Waals surface area contributed by atoms with Crippen molar-refractivity contribution in [3.8, 4) is 0 Å². The molecule has 0 spiro atoms. The van der Waals surface area contributed by atoms with Crippen LogP contribution in [0, 0.1) is 11.8 Å². The Hall–Kier alpha value is -0.160. The standard InChI is InChI=1S/C19H42N4/c1-3-4-5-11-21-12-8-9-14-23-17-19-15-18(19)16-22-13-7-6-10-20-2/h18-23H,3-17H2,1-2H3/t18?,19-/m1/s1.